The number of nitrogens with zero attached hydrogens (tertiary/aromatic N) is 2. The van der Waals surface area contributed by atoms with Crippen LogP contribution in [0.5, 0.6) is 0 Å². The van der Waals surface area contributed by atoms with E-state index >= 15 is 0 Å². The molecule has 0 fully saturated rings. The molecule has 0 saturated heterocycles. The molecular weight excluding hydrogens is 266 g/mol. The molecule has 0 spiro atoms. The molecule has 3 nitrogen and oxygen atoms in total. The third kappa shape index (κ3) is 2.28. The zero-order chi connectivity index (χ0) is 11.5. The first-order valence-corrected chi connectivity index (χ1v) is 5.79. The lowest BCUT2D eigenvalue weighted by Gasteiger charge is -2.06. The molecule has 2 N–H and O–H groups in total. The minimum atomic E-state index is 0.431. The largest absolute Gasteiger partial charge is 0.325 e. The fourth-order valence-electron chi connectivity index (χ4n) is 1.50. The summed E-state index contributed by atoms with van der Waals surface area (Å²) in [6, 6.07) is 9.80. The first-order chi connectivity index (χ1) is 7.70. The average molecular weight is 278 g/mol. The van der Waals surface area contributed by atoms with Crippen LogP contribution in [0.4, 0.5) is 0 Å². The van der Waals surface area contributed by atoms with E-state index in [0.717, 1.165) is 21.4 Å². The first kappa shape index (κ1) is 11.2. The maximum Gasteiger partial charge on any atom is 0.160 e. The van der Waals surface area contributed by atoms with E-state index in [1.807, 2.05) is 37.3 Å². The highest BCUT2D eigenvalue weighted by molar-refractivity contribution is 9.10. The highest BCUT2D eigenvalue weighted by Gasteiger charge is 2.07. The highest BCUT2D eigenvalue weighted by Crippen LogP contribution is 2.25. The molecule has 0 unspecified atom stereocenters. The summed E-state index contributed by atoms with van der Waals surface area (Å²) in [5.74, 6) is 0.716. The Morgan fingerprint density at radius 2 is 2.00 bits per heavy atom. The molecule has 82 valence electrons. The zero-order valence-electron chi connectivity index (χ0n) is 8.94. The molecule has 2 aromatic rings. The second kappa shape index (κ2) is 4.72. The average Bonchev–Trinajstić information content (AvgIpc) is 2.28. The Morgan fingerprint density at radius 1 is 1.25 bits per heavy atom. The number of halogens is 1. The molecule has 16 heavy (non-hydrogen) atoms. The predicted octanol–water partition coefficient (Wildman–Crippen LogP) is 2.67. The summed E-state index contributed by atoms with van der Waals surface area (Å²) in [5, 5.41) is 0. The quantitative estimate of drug-likeness (QED) is 0.918. The van der Waals surface area contributed by atoms with Gasteiger partial charge >= 0.3 is 0 Å². The van der Waals surface area contributed by atoms with Gasteiger partial charge in [0.25, 0.3) is 0 Å². The van der Waals surface area contributed by atoms with E-state index < -0.39 is 0 Å². The third-order valence-corrected chi connectivity index (χ3v) is 2.92. The van der Waals surface area contributed by atoms with Crippen molar-refractivity contribution in [2.75, 3.05) is 0 Å². The van der Waals surface area contributed by atoms with Crippen molar-refractivity contribution in [1.82, 2.24) is 9.97 Å². The van der Waals surface area contributed by atoms with Gasteiger partial charge in [0.05, 0.1) is 5.69 Å². The second-order valence-electron chi connectivity index (χ2n) is 3.51. The predicted molar refractivity (Wildman–Crippen MR) is 67.8 cm³/mol. The van der Waals surface area contributed by atoms with Gasteiger partial charge < -0.3 is 5.73 Å². The smallest absolute Gasteiger partial charge is 0.160 e. The summed E-state index contributed by atoms with van der Waals surface area (Å²) in [6.07, 6.45) is 0. The maximum absolute atomic E-state index is 5.60. The van der Waals surface area contributed by atoms with Gasteiger partial charge in [-0.05, 0) is 19.1 Å². The first-order valence-electron chi connectivity index (χ1n) is 5.00. The summed E-state index contributed by atoms with van der Waals surface area (Å²) in [6.45, 7) is 2.38. The van der Waals surface area contributed by atoms with Gasteiger partial charge in [0.1, 0.15) is 0 Å². The minimum absolute atomic E-state index is 0.431. The second-order valence-corrected chi connectivity index (χ2v) is 4.36. The van der Waals surface area contributed by atoms with Crippen LogP contribution in [-0.4, -0.2) is 9.97 Å². The standard InChI is InChI=1S/C12H12BrN3/c1-8-6-9(7-14)16-12(15-8)10-4-2-3-5-11(10)13/h2-6H,7,14H2,1H3. The molecule has 1 aromatic heterocycles. The molecule has 0 saturated carbocycles. The number of benzene rings is 1. The summed E-state index contributed by atoms with van der Waals surface area (Å²) < 4.78 is 0.989. The minimum Gasteiger partial charge on any atom is -0.325 e. The fraction of sp³-hybridized carbons (Fsp3) is 0.167. The monoisotopic (exact) mass is 277 g/mol. The number of aryl methyl sites for hydroxylation is 1. The van der Waals surface area contributed by atoms with Gasteiger partial charge in [-0.25, -0.2) is 9.97 Å². The number of hydrogen-bond donors (Lipinski definition) is 1. The van der Waals surface area contributed by atoms with E-state index in [2.05, 4.69) is 25.9 Å². The van der Waals surface area contributed by atoms with Gasteiger partial charge in [-0.2, -0.15) is 0 Å². The van der Waals surface area contributed by atoms with Crippen LogP contribution in [0, 0.1) is 6.92 Å². The van der Waals surface area contributed by atoms with Crippen LogP contribution < -0.4 is 5.73 Å². The maximum atomic E-state index is 5.60. The van der Waals surface area contributed by atoms with Gasteiger partial charge in [-0.15, -0.1) is 0 Å². The highest BCUT2D eigenvalue weighted by atomic mass is 79.9. The van der Waals surface area contributed by atoms with Crippen LogP contribution in [0.2, 0.25) is 0 Å². The zero-order valence-corrected chi connectivity index (χ0v) is 10.5. The van der Waals surface area contributed by atoms with Gasteiger partial charge in [-0.1, -0.05) is 34.1 Å². The SMILES string of the molecule is Cc1cc(CN)nc(-c2ccccc2Br)n1. The summed E-state index contributed by atoms with van der Waals surface area (Å²) in [5.41, 5.74) is 8.38. The molecule has 0 aliphatic heterocycles. The lowest BCUT2D eigenvalue weighted by Crippen LogP contribution is -2.03. The molecular formula is C12H12BrN3. The van der Waals surface area contributed by atoms with Crippen molar-refractivity contribution in [2.24, 2.45) is 5.73 Å². The molecule has 2 rings (SSSR count). The normalized spacial score (nSPS) is 10.4. The lowest BCUT2D eigenvalue weighted by atomic mass is 10.2. The Hall–Kier alpha value is -1.26. The Balaban J connectivity index is 2.56. The number of nitrogens with two attached hydrogens (primary N) is 1. The molecule has 0 amide bonds. The van der Waals surface area contributed by atoms with Crippen molar-refractivity contribution in [3.63, 3.8) is 0 Å². The molecule has 0 aliphatic rings. The molecule has 0 aliphatic carbocycles. The van der Waals surface area contributed by atoms with E-state index in [0.29, 0.717) is 12.4 Å². The van der Waals surface area contributed by atoms with Crippen molar-refractivity contribution < 1.29 is 0 Å². The van der Waals surface area contributed by atoms with E-state index in [1.165, 1.54) is 0 Å². The fourth-order valence-corrected chi connectivity index (χ4v) is 1.96. The third-order valence-electron chi connectivity index (χ3n) is 2.23. The van der Waals surface area contributed by atoms with Gasteiger partial charge in [0.15, 0.2) is 5.82 Å². The Labute approximate surface area is 103 Å². The van der Waals surface area contributed by atoms with Crippen molar-refractivity contribution in [1.29, 1.82) is 0 Å². The lowest BCUT2D eigenvalue weighted by molar-refractivity contribution is 0.953. The molecule has 1 heterocycles. The van der Waals surface area contributed by atoms with Crippen LogP contribution in [0.3, 0.4) is 0 Å². The van der Waals surface area contributed by atoms with E-state index in [4.69, 9.17) is 5.73 Å². The Kier molecular flexibility index (Phi) is 3.31. The molecule has 4 heteroatoms. The van der Waals surface area contributed by atoms with Gasteiger partial charge in [0, 0.05) is 22.3 Å². The molecule has 0 bridgehead atoms. The van der Waals surface area contributed by atoms with Crippen molar-refractivity contribution in [3.05, 3.63) is 46.2 Å². The number of rotatable bonds is 2. The number of aromatic nitrogens is 2. The van der Waals surface area contributed by atoms with Crippen molar-refractivity contribution >= 4 is 15.9 Å². The van der Waals surface area contributed by atoms with Gasteiger partial charge in [0.2, 0.25) is 0 Å². The van der Waals surface area contributed by atoms with Crippen LogP contribution in [0.1, 0.15) is 11.4 Å². The van der Waals surface area contributed by atoms with Crippen LogP contribution in [-0.2, 0) is 6.54 Å². The van der Waals surface area contributed by atoms with Crippen LogP contribution in [0.25, 0.3) is 11.4 Å². The van der Waals surface area contributed by atoms with E-state index in [-0.39, 0.29) is 0 Å². The summed E-state index contributed by atoms with van der Waals surface area (Å²) in [4.78, 5) is 8.83. The molecule has 1 aromatic carbocycles. The summed E-state index contributed by atoms with van der Waals surface area (Å²) in [7, 11) is 0. The van der Waals surface area contributed by atoms with Crippen LogP contribution >= 0.6 is 15.9 Å². The Bertz CT molecular complexity index is 511. The van der Waals surface area contributed by atoms with Gasteiger partial charge in [-0.3, -0.25) is 0 Å². The summed E-state index contributed by atoms with van der Waals surface area (Å²) >= 11 is 3.49. The topological polar surface area (TPSA) is 51.8 Å². The van der Waals surface area contributed by atoms with Crippen molar-refractivity contribution in [3.8, 4) is 11.4 Å². The van der Waals surface area contributed by atoms with E-state index in [1.54, 1.807) is 0 Å². The Morgan fingerprint density at radius 3 is 2.69 bits per heavy atom. The number of hydrogen-bond acceptors (Lipinski definition) is 3. The molecule has 0 atom stereocenters. The molecule has 0 radical (unpaired) electrons. The van der Waals surface area contributed by atoms with Crippen LogP contribution in [0.15, 0.2) is 34.8 Å². The van der Waals surface area contributed by atoms with E-state index in [9.17, 15) is 0 Å². The van der Waals surface area contributed by atoms with Crippen molar-refractivity contribution in [2.45, 2.75) is 13.5 Å².